The van der Waals surface area contributed by atoms with Gasteiger partial charge >= 0.3 is 0 Å². The predicted molar refractivity (Wildman–Crippen MR) is 66.8 cm³/mol. The number of hydrogen-bond acceptors (Lipinski definition) is 1. The van der Waals surface area contributed by atoms with Gasteiger partial charge in [-0.15, -0.1) is 0 Å². The van der Waals surface area contributed by atoms with Crippen LogP contribution in [-0.4, -0.2) is 6.04 Å². The highest BCUT2D eigenvalue weighted by atomic mass is 19.1. The lowest BCUT2D eigenvalue weighted by molar-refractivity contribution is 0.407. The Bertz CT molecular complexity index is 307. The van der Waals surface area contributed by atoms with E-state index in [1.54, 1.807) is 12.1 Å². The average molecular weight is 223 g/mol. The molecule has 0 spiro atoms. The van der Waals surface area contributed by atoms with E-state index in [0.29, 0.717) is 5.92 Å². The Kier molecular flexibility index (Phi) is 5.47. The molecule has 0 bridgehead atoms. The van der Waals surface area contributed by atoms with Crippen molar-refractivity contribution in [2.24, 2.45) is 11.7 Å². The van der Waals surface area contributed by atoms with Gasteiger partial charge in [0.1, 0.15) is 5.82 Å². The molecule has 16 heavy (non-hydrogen) atoms. The van der Waals surface area contributed by atoms with Crippen molar-refractivity contribution in [2.45, 2.75) is 45.6 Å². The molecule has 1 unspecified atom stereocenters. The molecule has 2 heteroatoms. The quantitative estimate of drug-likeness (QED) is 0.784. The largest absolute Gasteiger partial charge is 0.327 e. The molecule has 0 saturated carbocycles. The normalized spacial score (nSPS) is 13.1. The van der Waals surface area contributed by atoms with Crippen LogP contribution in [0, 0.1) is 11.7 Å². The first-order valence-corrected chi connectivity index (χ1v) is 6.15. The number of halogens is 1. The number of benzene rings is 1. The summed E-state index contributed by atoms with van der Waals surface area (Å²) in [7, 11) is 0. The average Bonchev–Trinajstić information content (AvgIpc) is 2.26. The Morgan fingerprint density at radius 1 is 1.25 bits per heavy atom. The maximum Gasteiger partial charge on any atom is 0.123 e. The minimum atomic E-state index is -0.174. The lowest BCUT2D eigenvalue weighted by Crippen LogP contribution is -2.25. The van der Waals surface area contributed by atoms with Crippen LogP contribution >= 0.6 is 0 Å². The third-order valence-electron chi connectivity index (χ3n) is 3.18. The summed E-state index contributed by atoms with van der Waals surface area (Å²) < 4.78 is 13.0. The summed E-state index contributed by atoms with van der Waals surface area (Å²) in [6.45, 7) is 4.39. The molecule has 1 aromatic carbocycles. The van der Waals surface area contributed by atoms with Crippen LogP contribution in [0.15, 0.2) is 24.3 Å². The minimum Gasteiger partial charge on any atom is -0.327 e. The Morgan fingerprint density at radius 2 is 1.94 bits per heavy atom. The van der Waals surface area contributed by atoms with Gasteiger partial charge in [0.05, 0.1) is 0 Å². The molecule has 0 aliphatic carbocycles. The van der Waals surface area contributed by atoms with E-state index < -0.39 is 0 Å². The van der Waals surface area contributed by atoms with Gasteiger partial charge in [-0.05, 0) is 36.5 Å². The van der Waals surface area contributed by atoms with E-state index in [2.05, 4.69) is 13.8 Å². The SMILES string of the molecule is CCC(CC)CC(N)Cc1cccc(F)c1. The summed E-state index contributed by atoms with van der Waals surface area (Å²) in [6, 6.07) is 6.87. The molecule has 1 atom stereocenters. The number of nitrogens with two attached hydrogens (primary N) is 1. The van der Waals surface area contributed by atoms with Crippen LogP contribution < -0.4 is 5.73 Å². The van der Waals surface area contributed by atoms with Crippen LogP contribution in [0.2, 0.25) is 0 Å². The molecule has 1 nitrogen and oxygen atoms in total. The molecule has 0 aromatic heterocycles. The van der Waals surface area contributed by atoms with Crippen LogP contribution in [0.25, 0.3) is 0 Å². The molecule has 0 amide bonds. The summed E-state index contributed by atoms with van der Waals surface area (Å²) in [5.74, 6) is 0.524. The van der Waals surface area contributed by atoms with Crippen LogP contribution in [0.1, 0.15) is 38.7 Å². The Hall–Kier alpha value is -0.890. The monoisotopic (exact) mass is 223 g/mol. The van der Waals surface area contributed by atoms with Crippen LogP contribution in [-0.2, 0) is 6.42 Å². The topological polar surface area (TPSA) is 26.0 Å². The zero-order chi connectivity index (χ0) is 12.0. The predicted octanol–water partition coefficient (Wildman–Crippen LogP) is 3.52. The van der Waals surface area contributed by atoms with Gasteiger partial charge in [0, 0.05) is 6.04 Å². The molecule has 1 rings (SSSR count). The van der Waals surface area contributed by atoms with E-state index in [4.69, 9.17) is 5.73 Å². The van der Waals surface area contributed by atoms with Gasteiger partial charge in [0.2, 0.25) is 0 Å². The second kappa shape index (κ2) is 6.64. The lowest BCUT2D eigenvalue weighted by atomic mass is 9.92. The molecule has 0 aliphatic rings. The van der Waals surface area contributed by atoms with Crippen molar-refractivity contribution in [3.8, 4) is 0 Å². The van der Waals surface area contributed by atoms with E-state index in [9.17, 15) is 4.39 Å². The summed E-state index contributed by atoms with van der Waals surface area (Å²) in [6.07, 6.45) is 4.15. The second-order valence-electron chi connectivity index (χ2n) is 4.51. The van der Waals surface area contributed by atoms with Crippen molar-refractivity contribution in [3.63, 3.8) is 0 Å². The molecule has 0 fully saturated rings. The fraction of sp³-hybridized carbons (Fsp3) is 0.571. The van der Waals surface area contributed by atoms with Gasteiger partial charge in [-0.2, -0.15) is 0 Å². The minimum absolute atomic E-state index is 0.145. The van der Waals surface area contributed by atoms with Gasteiger partial charge in [-0.25, -0.2) is 4.39 Å². The first kappa shape index (κ1) is 13.2. The van der Waals surface area contributed by atoms with Gasteiger partial charge in [-0.1, -0.05) is 38.8 Å². The molecule has 2 N–H and O–H groups in total. The highest BCUT2D eigenvalue weighted by Gasteiger charge is 2.11. The second-order valence-corrected chi connectivity index (χ2v) is 4.51. The standard InChI is InChI=1S/C14H22FN/c1-3-11(4-2)9-14(16)10-12-6-5-7-13(15)8-12/h5-8,11,14H,3-4,9-10,16H2,1-2H3. The molecule has 0 radical (unpaired) electrons. The van der Waals surface area contributed by atoms with Gasteiger partial charge in [-0.3, -0.25) is 0 Å². The van der Waals surface area contributed by atoms with Crippen molar-refractivity contribution < 1.29 is 4.39 Å². The molecule has 0 aliphatic heterocycles. The molecule has 1 aromatic rings. The first-order valence-electron chi connectivity index (χ1n) is 6.15. The van der Waals surface area contributed by atoms with Gasteiger partial charge in [0.25, 0.3) is 0 Å². The smallest absolute Gasteiger partial charge is 0.123 e. The molecule has 0 heterocycles. The Balaban J connectivity index is 2.47. The van der Waals surface area contributed by atoms with Gasteiger partial charge in [0.15, 0.2) is 0 Å². The van der Waals surface area contributed by atoms with Gasteiger partial charge < -0.3 is 5.73 Å². The molecular formula is C14H22FN. The molecular weight excluding hydrogens is 201 g/mol. The fourth-order valence-electron chi connectivity index (χ4n) is 2.10. The summed E-state index contributed by atoms with van der Waals surface area (Å²) in [5, 5.41) is 0. The third-order valence-corrected chi connectivity index (χ3v) is 3.18. The maximum atomic E-state index is 13.0. The van der Waals surface area contributed by atoms with Crippen molar-refractivity contribution in [1.82, 2.24) is 0 Å². The zero-order valence-corrected chi connectivity index (χ0v) is 10.2. The van der Waals surface area contributed by atoms with Crippen LogP contribution in [0.3, 0.4) is 0 Å². The summed E-state index contributed by atoms with van der Waals surface area (Å²) in [4.78, 5) is 0. The van der Waals surface area contributed by atoms with Crippen molar-refractivity contribution in [3.05, 3.63) is 35.6 Å². The van der Waals surface area contributed by atoms with E-state index >= 15 is 0 Å². The first-order chi connectivity index (χ1) is 7.65. The van der Waals surface area contributed by atoms with E-state index in [1.165, 1.54) is 18.9 Å². The molecule has 90 valence electrons. The van der Waals surface area contributed by atoms with E-state index in [1.807, 2.05) is 6.07 Å². The van der Waals surface area contributed by atoms with Crippen molar-refractivity contribution in [1.29, 1.82) is 0 Å². The third kappa shape index (κ3) is 4.31. The molecule has 0 saturated heterocycles. The fourth-order valence-corrected chi connectivity index (χ4v) is 2.10. The summed E-state index contributed by atoms with van der Waals surface area (Å²) >= 11 is 0. The van der Waals surface area contributed by atoms with E-state index in [-0.39, 0.29) is 11.9 Å². The maximum absolute atomic E-state index is 13.0. The van der Waals surface area contributed by atoms with Crippen molar-refractivity contribution >= 4 is 0 Å². The van der Waals surface area contributed by atoms with Crippen LogP contribution in [0.5, 0.6) is 0 Å². The number of rotatable bonds is 6. The van der Waals surface area contributed by atoms with E-state index in [0.717, 1.165) is 18.4 Å². The Morgan fingerprint density at radius 3 is 2.50 bits per heavy atom. The number of hydrogen-bond donors (Lipinski definition) is 1. The lowest BCUT2D eigenvalue weighted by Gasteiger charge is -2.18. The highest BCUT2D eigenvalue weighted by Crippen LogP contribution is 2.16. The highest BCUT2D eigenvalue weighted by molar-refractivity contribution is 5.17. The van der Waals surface area contributed by atoms with Crippen molar-refractivity contribution in [2.75, 3.05) is 0 Å². The zero-order valence-electron chi connectivity index (χ0n) is 10.2. The summed E-state index contributed by atoms with van der Waals surface area (Å²) in [5.41, 5.74) is 7.08. The van der Waals surface area contributed by atoms with Crippen LogP contribution in [0.4, 0.5) is 4.39 Å². The Labute approximate surface area is 97.9 Å².